The molecular formula is C87H140O17P2. The predicted octanol–water partition coefficient (Wildman–Crippen LogP) is 23.6. The molecule has 0 aromatic carbocycles. The topological polar surface area (TPSA) is 237 Å². The summed E-state index contributed by atoms with van der Waals surface area (Å²) < 4.78 is 68.6. The molecule has 0 aliphatic rings. The molecule has 600 valence electrons. The fourth-order valence-electron chi connectivity index (χ4n) is 9.91. The highest BCUT2D eigenvalue weighted by Crippen LogP contribution is 2.45. The third kappa shape index (κ3) is 76.4. The molecule has 0 saturated heterocycles. The minimum atomic E-state index is -5.00. The van der Waals surface area contributed by atoms with Gasteiger partial charge in [-0.15, -0.1) is 0 Å². The maximum absolute atomic E-state index is 13.1. The number of allylic oxidation sites excluding steroid dienone is 30. The van der Waals surface area contributed by atoms with Crippen molar-refractivity contribution >= 4 is 39.5 Å². The lowest BCUT2D eigenvalue weighted by atomic mass is 10.1. The van der Waals surface area contributed by atoms with E-state index in [9.17, 15) is 43.2 Å². The van der Waals surface area contributed by atoms with E-state index in [2.05, 4.69) is 210 Å². The van der Waals surface area contributed by atoms with E-state index in [1.54, 1.807) is 0 Å². The standard InChI is InChI=1S/C87H140O17P2/c1-5-9-13-17-21-25-29-33-37-40-44-47-51-55-59-63-67-71-84(89)97-77-82(103-86(91)73-69-65-61-57-53-49-43-36-32-28-24-20-16-12-8-4)79-101-105(93,94)99-75-81(88)76-100-106(95,96)102-80-83(104-87(92)74-70-66-62-58-54-50-46-42-39-35-31-27-23-19-15-11-7-3)78-98-85(90)72-68-64-60-56-52-48-45-41-38-34-30-26-22-18-14-10-6-2/h9-16,21-28,33-39,43,45-46,48,50,53,57,81-83,88H,5-8,17-20,29-32,40-42,44,47,49,51-52,54-56,58-80H2,1-4H3,(H,93,94)(H,95,96)/b13-9-,14-10-,15-11-,16-12-,25-21-,26-22-,27-23-,28-24-,37-33-,38-34-,39-35-,43-36-,48-45-,50-46-,57-53-. The first kappa shape index (κ1) is 100. The van der Waals surface area contributed by atoms with Crippen molar-refractivity contribution in [1.29, 1.82) is 0 Å². The smallest absolute Gasteiger partial charge is 0.462 e. The highest BCUT2D eigenvalue weighted by molar-refractivity contribution is 7.47. The Labute approximate surface area is 641 Å². The van der Waals surface area contributed by atoms with Gasteiger partial charge in [-0.1, -0.05) is 268 Å². The number of unbranched alkanes of at least 4 members (excludes halogenated alkanes) is 17. The SMILES string of the molecule is CC/C=C\C/C=C\C/C=C\C/C=C\CCCCCCC(=O)OCC(COP(=O)(O)OCC(O)COP(=O)(O)OCC(COC(=O)CCCCCCCCC/C=C\C/C=C\C/C=C\CC)OC(=O)CCCC/C=C\C/C=C\C/C=C\C/C=C\CC)OC(=O)CCCCCC/C=C\C/C=C\C/C=C\C/C=C\CC. The molecule has 0 rings (SSSR count). The van der Waals surface area contributed by atoms with Crippen LogP contribution in [0.3, 0.4) is 0 Å². The minimum absolute atomic E-state index is 0.0329. The van der Waals surface area contributed by atoms with Crippen LogP contribution >= 0.6 is 15.6 Å². The van der Waals surface area contributed by atoms with Gasteiger partial charge in [0.1, 0.15) is 19.3 Å². The molecule has 5 atom stereocenters. The lowest BCUT2D eigenvalue weighted by molar-refractivity contribution is -0.161. The number of phosphoric ester groups is 2. The summed E-state index contributed by atoms with van der Waals surface area (Å²) in [6, 6.07) is 0. The molecule has 0 bridgehead atoms. The van der Waals surface area contributed by atoms with Gasteiger partial charge in [-0.3, -0.25) is 37.3 Å². The molecule has 0 amide bonds. The van der Waals surface area contributed by atoms with Gasteiger partial charge in [-0.05, 0) is 173 Å². The first-order valence-electron chi connectivity index (χ1n) is 40.0. The summed E-state index contributed by atoms with van der Waals surface area (Å²) in [6.45, 7) is 4.29. The Hall–Kier alpha value is -5.84. The van der Waals surface area contributed by atoms with Crippen LogP contribution in [0.1, 0.15) is 285 Å². The molecule has 19 heteroatoms. The second kappa shape index (κ2) is 77.3. The van der Waals surface area contributed by atoms with Gasteiger partial charge in [0.25, 0.3) is 0 Å². The van der Waals surface area contributed by atoms with Gasteiger partial charge in [-0.25, -0.2) is 9.13 Å². The Morgan fingerprint density at radius 3 is 0.726 bits per heavy atom. The van der Waals surface area contributed by atoms with Crippen LogP contribution in [0.25, 0.3) is 0 Å². The van der Waals surface area contributed by atoms with Gasteiger partial charge in [-0.2, -0.15) is 0 Å². The van der Waals surface area contributed by atoms with Crippen molar-refractivity contribution in [3.63, 3.8) is 0 Å². The summed E-state index contributed by atoms with van der Waals surface area (Å²) in [6.07, 6.45) is 93.0. The Bertz CT molecular complexity index is 2730. The van der Waals surface area contributed by atoms with Crippen molar-refractivity contribution in [1.82, 2.24) is 0 Å². The van der Waals surface area contributed by atoms with Crippen LogP contribution in [0.15, 0.2) is 182 Å². The number of ether oxygens (including phenoxy) is 4. The van der Waals surface area contributed by atoms with E-state index in [4.69, 9.17) is 37.0 Å². The molecule has 0 aliphatic carbocycles. The molecule has 0 radical (unpaired) electrons. The van der Waals surface area contributed by atoms with Crippen LogP contribution in [0.5, 0.6) is 0 Å². The molecule has 106 heavy (non-hydrogen) atoms. The van der Waals surface area contributed by atoms with Crippen LogP contribution in [0.4, 0.5) is 0 Å². The number of aliphatic hydroxyl groups excluding tert-OH is 1. The summed E-state index contributed by atoms with van der Waals surface area (Å²) in [4.78, 5) is 73.1. The molecule has 3 N–H and O–H groups in total. The molecule has 0 saturated carbocycles. The van der Waals surface area contributed by atoms with Crippen LogP contribution in [0.2, 0.25) is 0 Å². The van der Waals surface area contributed by atoms with Gasteiger partial charge < -0.3 is 33.8 Å². The van der Waals surface area contributed by atoms with Gasteiger partial charge in [0, 0.05) is 25.7 Å². The van der Waals surface area contributed by atoms with Crippen molar-refractivity contribution in [3.8, 4) is 0 Å². The summed E-state index contributed by atoms with van der Waals surface area (Å²) >= 11 is 0. The van der Waals surface area contributed by atoms with Gasteiger partial charge in [0.05, 0.1) is 26.4 Å². The summed E-state index contributed by atoms with van der Waals surface area (Å²) in [5.74, 6) is -2.30. The Morgan fingerprint density at radius 1 is 0.264 bits per heavy atom. The maximum atomic E-state index is 13.1. The molecule has 17 nitrogen and oxygen atoms in total. The fourth-order valence-corrected chi connectivity index (χ4v) is 11.5. The number of aliphatic hydroxyl groups is 1. The maximum Gasteiger partial charge on any atom is 0.472 e. The molecule has 0 spiro atoms. The summed E-state index contributed by atoms with van der Waals surface area (Å²) in [5, 5.41) is 10.7. The lowest BCUT2D eigenvalue weighted by Gasteiger charge is -2.21. The first-order chi connectivity index (χ1) is 51.7. The molecule has 5 unspecified atom stereocenters. The molecule has 0 heterocycles. The largest absolute Gasteiger partial charge is 0.472 e. The Morgan fingerprint density at radius 2 is 0.462 bits per heavy atom. The molecule has 0 fully saturated rings. The lowest BCUT2D eigenvalue weighted by Crippen LogP contribution is -2.30. The van der Waals surface area contributed by atoms with E-state index in [0.29, 0.717) is 32.1 Å². The van der Waals surface area contributed by atoms with E-state index in [-0.39, 0.29) is 25.7 Å². The highest BCUT2D eigenvalue weighted by Gasteiger charge is 2.30. The zero-order chi connectivity index (χ0) is 77.4. The number of carbonyl (C=O) groups is 4. The van der Waals surface area contributed by atoms with Gasteiger partial charge in [0.2, 0.25) is 0 Å². The van der Waals surface area contributed by atoms with Crippen molar-refractivity contribution in [2.24, 2.45) is 0 Å². The monoisotopic (exact) mass is 1520 g/mol. The second-order valence-corrected chi connectivity index (χ2v) is 28.7. The molecule has 0 aromatic heterocycles. The minimum Gasteiger partial charge on any atom is -0.462 e. The Kier molecular flexibility index (Phi) is 73.1. The third-order valence-electron chi connectivity index (χ3n) is 15.9. The van der Waals surface area contributed by atoms with Gasteiger partial charge >= 0.3 is 39.5 Å². The number of carbonyl (C=O) groups excluding carboxylic acids is 4. The van der Waals surface area contributed by atoms with Crippen molar-refractivity contribution in [2.45, 2.75) is 303 Å². The van der Waals surface area contributed by atoms with Crippen LogP contribution < -0.4 is 0 Å². The molecule has 0 aliphatic heterocycles. The van der Waals surface area contributed by atoms with E-state index in [1.165, 1.54) is 0 Å². The zero-order valence-corrected chi connectivity index (χ0v) is 67.3. The van der Waals surface area contributed by atoms with Gasteiger partial charge in [0.15, 0.2) is 12.2 Å². The number of esters is 4. The van der Waals surface area contributed by atoms with E-state index < -0.39 is 97.5 Å². The highest BCUT2D eigenvalue weighted by atomic mass is 31.2. The Balaban J connectivity index is 5.48. The number of rotatable bonds is 73. The normalized spacial score (nSPS) is 14.8. The van der Waals surface area contributed by atoms with E-state index >= 15 is 0 Å². The average molecular weight is 1520 g/mol. The zero-order valence-electron chi connectivity index (χ0n) is 65.5. The summed E-state index contributed by atoms with van der Waals surface area (Å²) in [5.41, 5.74) is 0. The number of phosphoric acid groups is 2. The first-order valence-corrected chi connectivity index (χ1v) is 43.0. The average Bonchev–Trinajstić information content (AvgIpc) is 0.902. The van der Waals surface area contributed by atoms with E-state index in [1.807, 2.05) is 0 Å². The van der Waals surface area contributed by atoms with Crippen molar-refractivity contribution in [2.75, 3.05) is 39.6 Å². The van der Waals surface area contributed by atoms with Crippen LogP contribution in [0, 0.1) is 0 Å². The molecular weight excluding hydrogens is 1380 g/mol. The number of hydrogen-bond acceptors (Lipinski definition) is 15. The summed E-state index contributed by atoms with van der Waals surface area (Å²) in [7, 11) is -10.0. The molecule has 0 aromatic rings. The fraction of sp³-hybridized carbons (Fsp3) is 0.609. The van der Waals surface area contributed by atoms with Crippen molar-refractivity contribution < 1.29 is 80.2 Å². The number of hydrogen-bond donors (Lipinski definition) is 3. The second-order valence-electron chi connectivity index (χ2n) is 25.8. The van der Waals surface area contributed by atoms with E-state index in [0.717, 1.165) is 199 Å². The van der Waals surface area contributed by atoms with Crippen molar-refractivity contribution in [3.05, 3.63) is 182 Å². The predicted molar refractivity (Wildman–Crippen MR) is 436 cm³/mol. The quantitative estimate of drug-likeness (QED) is 0.0169. The van der Waals surface area contributed by atoms with Crippen LogP contribution in [-0.2, 0) is 65.4 Å². The third-order valence-corrected chi connectivity index (χ3v) is 17.8. The van der Waals surface area contributed by atoms with Crippen LogP contribution in [-0.4, -0.2) is 96.7 Å².